The quantitative estimate of drug-likeness (QED) is 0.510. The highest BCUT2D eigenvalue weighted by Crippen LogP contribution is 2.33. The van der Waals surface area contributed by atoms with Gasteiger partial charge in [0.1, 0.15) is 0 Å². The first-order valence-electron chi connectivity index (χ1n) is 10.9. The van der Waals surface area contributed by atoms with Crippen LogP contribution in [-0.2, 0) is 13.6 Å². The Bertz CT molecular complexity index is 1160. The molecule has 0 aliphatic carbocycles. The van der Waals surface area contributed by atoms with Crippen LogP contribution in [-0.4, -0.2) is 27.3 Å². The van der Waals surface area contributed by atoms with Gasteiger partial charge in [-0.05, 0) is 27.8 Å². The lowest BCUT2D eigenvalue weighted by Crippen LogP contribution is -2.45. The molecular weight excluding hydrogens is 396 g/mol. The Kier molecular flexibility index (Phi) is 5.46. The molecule has 0 bridgehead atoms. The maximum absolute atomic E-state index is 13.5. The van der Waals surface area contributed by atoms with Crippen LogP contribution in [0.3, 0.4) is 0 Å². The van der Waals surface area contributed by atoms with Gasteiger partial charge < -0.3 is 10.2 Å². The highest BCUT2D eigenvalue weighted by molar-refractivity contribution is 5.76. The van der Waals surface area contributed by atoms with Crippen molar-refractivity contribution in [3.05, 3.63) is 125 Å². The fraction of sp³-hybridized carbons (Fsp3) is 0.185. The van der Waals surface area contributed by atoms with Crippen molar-refractivity contribution in [2.24, 2.45) is 7.05 Å². The molecule has 32 heavy (non-hydrogen) atoms. The van der Waals surface area contributed by atoms with Crippen molar-refractivity contribution in [2.75, 3.05) is 6.54 Å². The number of fused-ring (bicyclic) bond motifs is 1. The number of amides is 2. The standard InChI is InChI=1S/C27H26N4O/c1-30-17-23(16-28-30)25-19-31(18-22-14-8-9-15-24(22)25)27(32)29-26(20-10-4-2-5-11-20)21-12-6-3-7-13-21/h2-17,25-26H,18-19H2,1H3,(H,29,32). The van der Waals surface area contributed by atoms with Gasteiger partial charge in [-0.3, -0.25) is 4.68 Å². The summed E-state index contributed by atoms with van der Waals surface area (Å²) in [5, 5.41) is 7.65. The lowest BCUT2D eigenvalue weighted by atomic mass is 9.86. The lowest BCUT2D eigenvalue weighted by Gasteiger charge is -2.35. The van der Waals surface area contributed by atoms with E-state index in [2.05, 4.69) is 52.9 Å². The molecule has 1 aliphatic rings. The van der Waals surface area contributed by atoms with Crippen molar-refractivity contribution in [2.45, 2.75) is 18.5 Å². The first-order chi connectivity index (χ1) is 15.7. The second kappa shape index (κ2) is 8.71. The summed E-state index contributed by atoms with van der Waals surface area (Å²) in [6, 6.07) is 28.4. The van der Waals surface area contributed by atoms with Gasteiger partial charge in [-0.1, -0.05) is 84.9 Å². The van der Waals surface area contributed by atoms with Gasteiger partial charge in [-0.25, -0.2) is 4.79 Å². The van der Waals surface area contributed by atoms with Crippen molar-refractivity contribution in [1.29, 1.82) is 0 Å². The van der Waals surface area contributed by atoms with Gasteiger partial charge in [-0.2, -0.15) is 5.10 Å². The molecule has 5 heteroatoms. The summed E-state index contributed by atoms with van der Waals surface area (Å²) in [6.45, 7) is 1.21. The maximum Gasteiger partial charge on any atom is 0.318 e. The summed E-state index contributed by atoms with van der Waals surface area (Å²) in [7, 11) is 1.92. The summed E-state index contributed by atoms with van der Waals surface area (Å²) < 4.78 is 1.82. The van der Waals surface area contributed by atoms with Crippen LogP contribution in [0.2, 0.25) is 0 Å². The minimum Gasteiger partial charge on any atom is -0.327 e. The molecule has 160 valence electrons. The molecule has 3 aromatic carbocycles. The molecule has 4 aromatic rings. The molecule has 1 aromatic heterocycles. The van der Waals surface area contributed by atoms with E-state index in [1.54, 1.807) is 0 Å². The van der Waals surface area contributed by atoms with Gasteiger partial charge in [0.2, 0.25) is 0 Å². The number of aromatic nitrogens is 2. The molecule has 0 radical (unpaired) electrons. The molecule has 1 N–H and O–H groups in total. The highest BCUT2D eigenvalue weighted by Gasteiger charge is 2.31. The molecule has 1 unspecified atom stereocenters. The first-order valence-corrected chi connectivity index (χ1v) is 10.9. The topological polar surface area (TPSA) is 50.2 Å². The Hall–Kier alpha value is -3.86. The van der Waals surface area contributed by atoms with Crippen LogP contribution in [0.25, 0.3) is 0 Å². The third kappa shape index (κ3) is 4.02. The van der Waals surface area contributed by atoms with E-state index in [9.17, 15) is 4.79 Å². The summed E-state index contributed by atoms with van der Waals surface area (Å²) in [5.74, 6) is 0.103. The van der Waals surface area contributed by atoms with Crippen LogP contribution in [0.1, 0.15) is 39.8 Å². The highest BCUT2D eigenvalue weighted by atomic mass is 16.2. The summed E-state index contributed by atoms with van der Waals surface area (Å²) in [6.07, 6.45) is 3.94. The maximum atomic E-state index is 13.5. The number of carbonyl (C=O) groups excluding carboxylic acids is 1. The molecular formula is C27H26N4O. The van der Waals surface area contributed by atoms with E-state index in [1.165, 1.54) is 11.1 Å². The van der Waals surface area contributed by atoms with Gasteiger partial charge in [-0.15, -0.1) is 0 Å². The number of nitrogens with one attached hydrogen (secondary N) is 1. The second-order valence-corrected chi connectivity index (χ2v) is 8.28. The molecule has 0 saturated heterocycles. The molecule has 2 heterocycles. The molecule has 5 nitrogen and oxygen atoms in total. The minimum absolute atomic E-state index is 0.0638. The van der Waals surface area contributed by atoms with Crippen molar-refractivity contribution in [3.63, 3.8) is 0 Å². The predicted octanol–water partition coefficient (Wildman–Crippen LogP) is 4.87. The van der Waals surface area contributed by atoms with Crippen LogP contribution >= 0.6 is 0 Å². The number of nitrogens with zero attached hydrogens (tertiary/aromatic N) is 3. The third-order valence-electron chi connectivity index (χ3n) is 6.14. The largest absolute Gasteiger partial charge is 0.327 e. The SMILES string of the molecule is Cn1cc(C2CN(C(=O)NC(c3ccccc3)c3ccccc3)Cc3ccccc32)cn1. The van der Waals surface area contributed by atoms with Gasteiger partial charge in [0.25, 0.3) is 0 Å². The normalized spacial score (nSPS) is 15.4. The van der Waals surface area contributed by atoms with Gasteiger partial charge >= 0.3 is 6.03 Å². The van der Waals surface area contributed by atoms with E-state index in [-0.39, 0.29) is 18.0 Å². The van der Waals surface area contributed by atoms with Gasteiger partial charge in [0.15, 0.2) is 0 Å². The average molecular weight is 423 g/mol. The molecule has 0 saturated carbocycles. The second-order valence-electron chi connectivity index (χ2n) is 8.28. The lowest BCUT2D eigenvalue weighted by molar-refractivity contribution is 0.186. The zero-order valence-corrected chi connectivity index (χ0v) is 18.1. The fourth-order valence-electron chi connectivity index (χ4n) is 4.53. The van der Waals surface area contributed by atoms with E-state index in [1.807, 2.05) is 71.5 Å². The molecule has 0 spiro atoms. The zero-order chi connectivity index (χ0) is 21.9. The number of rotatable bonds is 4. The van der Waals surface area contributed by atoms with Gasteiger partial charge in [0.05, 0.1) is 12.2 Å². The number of hydrogen-bond donors (Lipinski definition) is 1. The summed E-state index contributed by atoms with van der Waals surface area (Å²) >= 11 is 0. The van der Waals surface area contributed by atoms with Crippen LogP contribution < -0.4 is 5.32 Å². The minimum atomic E-state index is -0.209. The Morgan fingerprint density at radius 1 is 0.938 bits per heavy atom. The predicted molar refractivity (Wildman–Crippen MR) is 125 cm³/mol. The Balaban J connectivity index is 1.44. The van der Waals surface area contributed by atoms with Gasteiger partial charge in [0, 0.05) is 32.3 Å². The van der Waals surface area contributed by atoms with E-state index in [0.717, 1.165) is 16.7 Å². The Morgan fingerprint density at radius 2 is 1.56 bits per heavy atom. The monoisotopic (exact) mass is 422 g/mol. The summed E-state index contributed by atoms with van der Waals surface area (Å²) in [4.78, 5) is 15.5. The van der Waals surface area contributed by atoms with Crippen LogP contribution in [0.15, 0.2) is 97.3 Å². The van der Waals surface area contributed by atoms with E-state index in [0.29, 0.717) is 13.1 Å². The number of aryl methyl sites for hydroxylation is 1. The molecule has 1 aliphatic heterocycles. The fourth-order valence-corrected chi connectivity index (χ4v) is 4.53. The third-order valence-corrected chi connectivity index (χ3v) is 6.14. The zero-order valence-electron chi connectivity index (χ0n) is 18.1. The molecule has 0 fully saturated rings. The molecule has 1 atom stereocenters. The Morgan fingerprint density at radius 3 is 2.19 bits per heavy atom. The van der Waals surface area contributed by atoms with Crippen LogP contribution in [0.4, 0.5) is 4.79 Å². The number of urea groups is 1. The average Bonchev–Trinajstić information content (AvgIpc) is 3.28. The van der Waals surface area contributed by atoms with Crippen molar-refractivity contribution in [1.82, 2.24) is 20.0 Å². The number of hydrogen-bond acceptors (Lipinski definition) is 2. The van der Waals surface area contributed by atoms with E-state index >= 15 is 0 Å². The van der Waals surface area contributed by atoms with E-state index in [4.69, 9.17) is 0 Å². The van der Waals surface area contributed by atoms with E-state index < -0.39 is 0 Å². The van der Waals surface area contributed by atoms with Crippen molar-refractivity contribution < 1.29 is 4.79 Å². The molecule has 2 amide bonds. The van der Waals surface area contributed by atoms with Crippen LogP contribution in [0, 0.1) is 0 Å². The Labute approximate surface area is 188 Å². The molecule has 5 rings (SSSR count). The van der Waals surface area contributed by atoms with Crippen molar-refractivity contribution in [3.8, 4) is 0 Å². The first kappa shape index (κ1) is 20.1. The van der Waals surface area contributed by atoms with Crippen molar-refractivity contribution >= 4 is 6.03 Å². The summed E-state index contributed by atoms with van der Waals surface area (Å²) in [5.41, 5.74) is 5.70. The van der Waals surface area contributed by atoms with Crippen LogP contribution in [0.5, 0.6) is 0 Å². The number of benzene rings is 3. The smallest absolute Gasteiger partial charge is 0.318 e. The number of carbonyl (C=O) groups is 1.